The van der Waals surface area contributed by atoms with Crippen molar-refractivity contribution in [3.05, 3.63) is 56.6 Å². The zero-order chi connectivity index (χ0) is 44.0. The number of benzene rings is 4. The number of esters is 2. The molecule has 6 N–H and O–H groups in total. The van der Waals surface area contributed by atoms with E-state index in [1.807, 2.05) is 0 Å². The second kappa shape index (κ2) is 15.1. The Labute approximate surface area is 347 Å². The molecule has 312 valence electrons. The number of phenolic OH excluding ortho intramolecular Hbond substituents is 4. The highest BCUT2D eigenvalue weighted by Gasteiger charge is 2.59. The molecule has 0 aromatic heterocycles. The number of rotatable bonds is 9. The van der Waals surface area contributed by atoms with Crippen LogP contribution in [0.4, 0.5) is 0 Å². The molecule has 0 fully saturated rings. The standard InChI is InChI=1S/C43H42Cl2O14/c1-8-42(56)16(4)38(52)34-32(36(42)22(48)13-24(50)58-6)30(26-18(44)9-11-20(46)28(26)40(34)54)31-27-19(45)10-12-21(47)29(27)41(55)35-33(31)37(23(49)14-25(51)59-7)43(57,15(2)3)17(5)39(35)53/h9-12,15-17,36-37,46-47,54-57H,8,13-14H2,1-7H3. The maximum atomic E-state index is 14.8. The Morgan fingerprint density at radius 2 is 1.05 bits per heavy atom. The maximum absolute atomic E-state index is 14.8. The first-order chi connectivity index (χ1) is 27.6. The van der Waals surface area contributed by atoms with Crippen molar-refractivity contribution >= 4 is 79.8 Å². The average Bonchev–Trinajstić information content (AvgIpc) is 3.18. The number of hydrogen-bond donors (Lipinski definition) is 6. The smallest absolute Gasteiger partial charge is 0.313 e. The Kier molecular flexibility index (Phi) is 11.1. The minimum atomic E-state index is -2.36. The van der Waals surface area contributed by atoms with E-state index in [-0.39, 0.29) is 27.2 Å². The number of phenols is 4. The molecule has 6 rings (SSSR count). The van der Waals surface area contributed by atoms with Gasteiger partial charge in [-0.25, -0.2) is 0 Å². The van der Waals surface area contributed by atoms with Gasteiger partial charge >= 0.3 is 11.9 Å². The van der Waals surface area contributed by atoms with Gasteiger partial charge in [-0.05, 0) is 58.9 Å². The Hall–Kier alpha value is -5.28. The summed E-state index contributed by atoms with van der Waals surface area (Å²) in [4.78, 5) is 84.4. The maximum Gasteiger partial charge on any atom is 0.313 e. The molecule has 0 saturated heterocycles. The van der Waals surface area contributed by atoms with Gasteiger partial charge in [0.05, 0.1) is 59.2 Å². The van der Waals surface area contributed by atoms with Crippen molar-refractivity contribution in [3.63, 3.8) is 0 Å². The minimum Gasteiger partial charge on any atom is -0.507 e. The fourth-order valence-electron chi connectivity index (χ4n) is 9.41. The molecular weight excluding hydrogens is 811 g/mol. The molecule has 16 heteroatoms. The number of ether oxygens (including phenoxy) is 2. The first kappa shape index (κ1) is 43.3. The topological polar surface area (TPSA) is 242 Å². The fraction of sp³-hybridized carbons (Fsp3) is 0.395. The van der Waals surface area contributed by atoms with E-state index in [1.54, 1.807) is 0 Å². The largest absolute Gasteiger partial charge is 0.507 e. The van der Waals surface area contributed by atoms with Gasteiger partial charge in [0.1, 0.15) is 35.8 Å². The van der Waals surface area contributed by atoms with Gasteiger partial charge in [-0.2, -0.15) is 0 Å². The second-order valence-electron chi connectivity index (χ2n) is 15.5. The van der Waals surface area contributed by atoms with Crippen LogP contribution in [0.15, 0.2) is 24.3 Å². The molecule has 6 atom stereocenters. The molecule has 0 saturated carbocycles. The molecule has 6 unspecified atom stereocenters. The van der Waals surface area contributed by atoms with Crippen molar-refractivity contribution in [2.45, 2.75) is 76.9 Å². The highest BCUT2D eigenvalue weighted by atomic mass is 35.5. The Bertz CT molecular complexity index is 2560. The molecule has 0 spiro atoms. The molecule has 0 aliphatic heterocycles. The molecule has 0 amide bonds. The van der Waals surface area contributed by atoms with Crippen LogP contribution in [-0.4, -0.2) is 91.1 Å². The number of fused-ring (bicyclic) bond motifs is 4. The third-order valence-electron chi connectivity index (χ3n) is 12.5. The van der Waals surface area contributed by atoms with Crippen molar-refractivity contribution in [2.75, 3.05) is 14.2 Å². The van der Waals surface area contributed by atoms with E-state index in [0.717, 1.165) is 26.4 Å². The molecule has 2 aliphatic carbocycles. The normalized spacial score (nSPS) is 23.9. The Morgan fingerprint density at radius 3 is 1.44 bits per heavy atom. The first-order valence-corrected chi connectivity index (χ1v) is 19.5. The summed E-state index contributed by atoms with van der Waals surface area (Å²) in [5.41, 5.74) is -7.67. The summed E-state index contributed by atoms with van der Waals surface area (Å²) >= 11 is 14.0. The number of halogens is 2. The van der Waals surface area contributed by atoms with E-state index < -0.39 is 156 Å². The number of methoxy groups -OCH3 is 2. The van der Waals surface area contributed by atoms with E-state index in [2.05, 4.69) is 0 Å². The zero-order valence-electron chi connectivity index (χ0n) is 33.0. The predicted molar refractivity (Wildman–Crippen MR) is 214 cm³/mol. The molecular formula is C43H42Cl2O14. The minimum absolute atomic E-state index is 0.269. The highest BCUT2D eigenvalue weighted by Crippen LogP contribution is 2.62. The predicted octanol–water partition coefficient (Wildman–Crippen LogP) is 6.41. The van der Waals surface area contributed by atoms with Gasteiger partial charge in [0.15, 0.2) is 23.1 Å². The van der Waals surface area contributed by atoms with Crippen LogP contribution >= 0.6 is 23.2 Å². The number of hydrogen-bond acceptors (Lipinski definition) is 14. The summed E-state index contributed by atoms with van der Waals surface area (Å²) in [7, 11) is 2.05. The van der Waals surface area contributed by atoms with E-state index in [4.69, 9.17) is 32.7 Å². The van der Waals surface area contributed by atoms with E-state index in [1.165, 1.54) is 46.8 Å². The molecule has 4 aromatic rings. The lowest BCUT2D eigenvalue weighted by Crippen LogP contribution is -2.56. The molecule has 14 nitrogen and oxygen atoms in total. The third-order valence-corrected chi connectivity index (χ3v) is 13.2. The van der Waals surface area contributed by atoms with Crippen LogP contribution in [0.1, 0.15) is 97.6 Å². The van der Waals surface area contributed by atoms with Crippen LogP contribution < -0.4 is 0 Å². The van der Waals surface area contributed by atoms with E-state index in [0.29, 0.717) is 0 Å². The summed E-state index contributed by atoms with van der Waals surface area (Å²) < 4.78 is 9.60. The second-order valence-corrected chi connectivity index (χ2v) is 16.3. The summed E-state index contributed by atoms with van der Waals surface area (Å²) in [5.74, 6) is -16.7. The lowest BCUT2D eigenvalue weighted by atomic mass is 9.56. The van der Waals surface area contributed by atoms with Gasteiger partial charge in [-0.3, -0.25) is 28.8 Å². The summed E-state index contributed by atoms with van der Waals surface area (Å²) in [6.45, 7) is 7.14. The SMILES string of the molecule is CCC1(O)C(C)C(=O)c2c(c(-c3c4c(c(O)c5c(O)ccc(Cl)c35)C(=O)C(C)C(O)(C(C)C)C4C(=O)CC(=O)OC)c3c(Cl)ccc(O)c3c2O)C1C(=O)CC(=O)OC. The third kappa shape index (κ3) is 6.05. The lowest BCUT2D eigenvalue weighted by Gasteiger charge is -2.48. The molecule has 2 aliphatic rings. The molecule has 59 heavy (non-hydrogen) atoms. The summed E-state index contributed by atoms with van der Waals surface area (Å²) in [5, 5.41) is 70.4. The number of carbonyl (C=O) groups excluding carboxylic acids is 6. The number of ketones is 4. The van der Waals surface area contributed by atoms with Crippen molar-refractivity contribution in [1.82, 2.24) is 0 Å². The van der Waals surface area contributed by atoms with Gasteiger partial charge in [-0.15, -0.1) is 0 Å². The molecule has 0 bridgehead atoms. The van der Waals surface area contributed by atoms with Crippen LogP contribution in [0.25, 0.3) is 32.7 Å². The quantitative estimate of drug-likeness (QED) is 0.0787. The van der Waals surface area contributed by atoms with Crippen LogP contribution in [0.3, 0.4) is 0 Å². The molecule has 4 aromatic carbocycles. The number of Topliss-reactive ketones (excluding diaryl/α,β-unsaturated/α-hetero) is 4. The molecule has 0 radical (unpaired) electrons. The number of aromatic hydroxyl groups is 4. The van der Waals surface area contributed by atoms with Crippen LogP contribution in [0.5, 0.6) is 23.0 Å². The summed E-state index contributed by atoms with van der Waals surface area (Å²) in [6.07, 6.45) is -2.23. The number of carbonyl (C=O) groups is 6. The zero-order valence-corrected chi connectivity index (χ0v) is 34.5. The monoisotopic (exact) mass is 852 g/mol. The highest BCUT2D eigenvalue weighted by molar-refractivity contribution is 6.41. The fourth-order valence-corrected chi connectivity index (χ4v) is 9.91. The summed E-state index contributed by atoms with van der Waals surface area (Å²) in [6, 6.07) is 4.61. The van der Waals surface area contributed by atoms with Crippen molar-refractivity contribution < 1.29 is 68.9 Å². The van der Waals surface area contributed by atoms with Crippen molar-refractivity contribution in [3.8, 4) is 34.1 Å². The van der Waals surface area contributed by atoms with Gasteiger partial charge in [0, 0.05) is 32.7 Å². The Morgan fingerprint density at radius 1 is 0.661 bits per heavy atom. The van der Waals surface area contributed by atoms with Crippen molar-refractivity contribution in [2.24, 2.45) is 17.8 Å². The lowest BCUT2D eigenvalue weighted by molar-refractivity contribution is -0.148. The van der Waals surface area contributed by atoms with E-state index in [9.17, 15) is 59.4 Å². The van der Waals surface area contributed by atoms with Gasteiger partial charge < -0.3 is 40.1 Å². The van der Waals surface area contributed by atoms with E-state index >= 15 is 0 Å². The van der Waals surface area contributed by atoms with Gasteiger partial charge in [-0.1, -0.05) is 57.8 Å². The van der Waals surface area contributed by atoms with Crippen LogP contribution in [0, 0.1) is 17.8 Å². The van der Waals surface area contributed by atoms with Crippen molar-refractivity contribution in [1.29, 1.82) is 0 Å². The van der Waals surface area contributed by atoms with Crippen LogP contribution in [0.2, 0.25) is 10.0 Å². The van der Waals surface area contributed by atoms with Gasteiger partial charge in [0.25, 0.3) is 0 Å². The van der Waals surface area contributed by atoms with Crippen LogP contribution in [-0.2, 0) is 28.7 Å². The van der Waals surface area contributed by atoms with Gasteiger partial charge in [0.2, 0.25) is 0 Å². The average molecular weight is 854 g/mol. The number of aliphatic hydroxyl groups is 2. The first-order valence-electron chi connectivity index (χ1n) is 18.7. The Balaban J connectivity index is 2.06. The molecule has 0 heterocycles.